The van der Waals surface area contributed by atoms with Crippen molar-refractivity contribution >= 4 is 6.03 Å². The first-order valence-electron chi connectivity index (χ1n) is 9.12. The van der Waals surface area contributed by atoms with Crippen LogP contribution in [0.15, 0.2) is 24.3 Å². The van der Waals surface area contributed by atoms with Gasteiger partial charge in [-0.2, -0.15) is 0 Å². The number of hydrogen-bond acceptors (Lipinski definition) is 3. The summed E-state index contributed by atoms with van der Waals surface area (Å²) in [6, 6.07) is 8.96. The van der Waals surface area contributed by atoms with E-state index >= 15 is 0 Å². The van der Waals surface area contributed by atoms with Gasteiger partial charge in [-0.3, -0.25) is 4.90 Å². The van der Waals surface area contributed by atoms with Crippen LogP contribution in [0, 0.1) is 6.92 Å². The molecule has 0 aliphatic carbocycles. The minimum Gasteiger partial charge on any atom is -0.379 e. The number of urea groups is 1. The maximum Gasteiger partial charge on any atom is 0.317 e. The van der Waals surface area contributed by atoms with Crippen LogP contribution in [-0.4, -0.2) is 67.8 Å². The van der Waals surface area contributed by atoms with Gasteiger partial charge in [0.15, 0.2) is 0 Å². The third kappa shape index (κ3) is 4.71. The molecule has 5 heteroatoms. The van der Waals surface area contributed by atoms with Crippen LogP contribution in [-0.2, 0) is 11.2 Å². The van der Waals surface area contributed by atoms with Crippen LogP contribution in [0.5, 0.6) is 0 Å². The molecule has 2 heterocycles. The Balaban J connectivity index is 1.43. The number of ether oxygens (including phenoxy) is 1. The van der Waals surface area contributed by atoms with E-state index in [0.29, 0.717) is 12.6 Å². The molecule has 2 fully saturated rings. The van der Waals surface area contributed by atoms with Gasteiger partial charge in [-0.15, -0.1) is 0 Å². The van der Waals surface area contributed by atoms with Crippen molar-refractivity contribution < 1.29 is 9.53 Å². The van der Waals surface area contributed by atoms with Gasteiger partial charge in [-0.05, 0) is 31.7 Å². The normalized spacial score (nSPS) is 21.9. The predicted octanol–water partition coefficient (Wildman–Crippen LogP) is 2.04. The van der Waals surface area contributed by atoms with Crippen LogP contribution in [0.2, 0.25) is 0 Å². The molecule has 2 aliphatic rings. The molecule has 0 aromatic heterocycles. The Morgan fingerprint density at radius 2 is 1.96 bits per heavy atom. The van der Waals surface area contributed by atoms with E-state index in [1.807, 2.05) is 4.90 Å². The topological polar surface area (TPSA) is 44.8 Å². The Morgan fingerprint density at radius 3 is 2.71 bits per heavy atom. The zero-order valence-electron chi connectivity index (χ0n) is 14.7. The molecule has 5 nitrogen and oxygen atoms in total. The van der Waals surface area contributed by atoms with Gasteiger partial charge in [0.1, 0.15) is 0 Å². The number of likely N-dealkylation sites (tertiary alicyclic amines) is 1. The molecule has 3 rings (SSSR count). The lowest BCUT2D eigenvalue weighted by atomic mass is 10.1. The maximum absolute atomic E-state index is 12.5. The molecule has 2 aliphatic heterocycles. The standard InChI is InChI=1S/C19H29N3O2/c1-16-4-6-17(7-5-16)8-9-20-19(23)22-10-2-3-18(22)15-21-11-13-24-14-12-21/h4-7,18H,2-3,8-15H2,1H3,(H,20,23)/t18-/m1/s1. The lowest BCUT2D eigenvalue weighted by molar-refractivity contribution is 0.0292. The van der Waals surface area contributed by atoms with E-state index < -0.39 is 0 Å². The fourth-order valence-corrected chi connectivity index (χ4v) is 3.54. The van der Waals surface area contributed by atoms with Crippen LogP contribution in [0.4, 0.5) is 4.79 Å². The Hall–Kier alpha value is -1.59. The Kier molecular flexibility index (Phi) is 6.10. The van der Waals surface area contributed by atoms with E-state index in [0.717, 1.165) is 58.7 Å². The van der Waals surface area contributed by atoms with Crippen molar-refractivity contribution in [1.82, 2.24) is 15.1 Å². The van der Waals surface area contributed by atoms with Crippen molar-refractivity contribution in [1.29, 1.82) is 0 Å². The molecule has 2 saturated heterocycles. The van der Waals surface area contributed by atoms with E-state index in [4.69, 9.17) is 4.74 Å². The van der Waals surface area contributed by atoms with Crippen molar-refractivity contribution in [2.45, 2.75) is 32.2 Å². The van der Waals surface area contributed by atoms with Crippen molar-refractivity contribution in [3.63, 3.8) is 0 Å². The third-order valence-corrected chi connectivity index (χ3v) is 5.02. The zero-order chi connectivity index (χ0) is 16.8. The molecule has 0 bridgehead atoms. The highest BCUT2D eigenvalue weighted by molar-refractivity contribution is 5.74. The van der Waals surface area contributed by atoms with E-state index in [-0.39, 0.29) is 6.03 Å². The largest absolute Gasteiger partial charge is 0.379 e. The average Bonchev–Trinajstić information content (AvgIpc) is 3.06. The number of carbonyl (C=O) groups is 1. The van der Waals surface area contributed by atoms with Crippen molar-refractivity contribution in [2.24, 2.45) is 0 Å². The number of amides is 2. The van der Waals surface area contributed by atoms with E-state index in [9.17, 15) is 4.79 Å². The Morgan fingerprint density at radius 1 is 1.21 bits per heavy atom. The molecule has 132 valence electrons. The number of nitrogens with zero attached hydrogens (tertiary/aromatic N) is 2. The number of rotatable bonds is 5. The second-order valence-corrected chi connectivity index (χ2v) is 6.87. The lowest BCUT2D eigenvalue weighted by Gasteiger charge is -2.32. The second kappa shape index (κ2) is 8.49. The molecule has 0 spiro atoms. The number of benzene rings is 1. The van der Waals surface area contributed by atoms with Gasteiger partial charge >= 0.3 is 6.03 Å². The number of hydrogen-bond donors (Lipinski definition) is 1. The fourth-order valence-electron chi connectivity index (χ4n) is 3.54. The van der Waals surface area contributed by atoms with Crippen LogP contribution >= 0.6 is 0 Å². The van der Waals surface area contributed by atoms with E-state index in [2.05, 4.69) is 41.4 Å². The van der Waals surface area contributed by atoms with Crippen LogP contribution < -0.4 is 5.32 Å². The third-order valence-electron chi connectivity index (χ3n) is 5.02. The van der Waals surface area contributed by atoms with Gasteiger partial charge in [0, 0.05) is 38.8 Å². The smallest absolute Gasteiger partial charge is 0.317 e. The summed E-state index contributed by atoms with van der Waals surface area (Å²) in [6.07, 6.45) is 3.11. The molecule has 1 aromatic rings. The van der Waals surface area contributed by atoms with Crippen molar-refractivity contribution in [3.8, 4) is 0 Å². The quantitative estimate of drug-likeness (QED) is 0.898. The minimum atomic E-state index is 0.0953. The SMILES string of the molecule is Cc1ccc(CCNC(=O)N2CCC[C@@H]2CN2CCOCC2)cc1. The summed E-state index contributed by atoms with van der Waals surface area (Å²) in [5.41, 5.74) is 2.54. The molecular formula is C19H29N3O2. The van der Waals surface area contributed by atoms with Crippen LogP contribution in [0.25, 0.3) is 0 Å². The van der Waals surface area contributed by atoms with Gasteiger partial charge in [-0.25, -0.2) is 4.79 Å². The number of morpholine rings is 1. The van der Waals surface area contributed by atoms with Crippen LogP contribution in [0.1, 0.15) is 24.0 Å². The highest BCUT2D eigenvalue weighted by Gasteiger charge is 2.30. The summed E-state index contributed by atoms with van der Waals surface area (Å²) in [5, 5.41) is 3.10. The summed E-state index contributed by atoms with van der Waals surface area (Å²) < 4.78 is 5.41. The molecule has 1 aromatic carbocycles. The lowest BCUT2D eigenvalue weighted by Crippen LogP contribution is -2.49. The van der Waals surface area contributed by atoms with Gasteiger partial charge < -0.3 is 15.0 Å². The van der Waals surface area contributed by atoms with Crippen molar-refractivity contribution in [3.05, 3.63) is 35.4 Å². The molecule has 1 N–H and O–H groups in total. The zero-order valence-corrected chi connectivity index (χ0v) is 14.7. The maximum atomic E-state index is 12.5. The predicted molar refractivity (Wildman–Crippen MR) is 95.3 cm³/mol. The van der Waals surface area contributed by atoms with Gasteiger partial charge in [-0.1, -0.05) is 29.8 Å². The summed E-state index contributed by atoms with van der Waals surface area (Å²) >= 11 is 0. The summed E-state index contributed by atoms with van der Waals surface area (Å²) in [4.78, 5) is 17.0. The van der Waals surface area contributed by atoms with Crippen molar-refractivity contribution in [2.75, 3.05) is 45.9 Å². The van der Waals surface area contributed by atoms with Gasteiger partial charge in [0.05, 0.1) is 13.2 Å². The first kappa shape index (κ1) is 17.2. The molecule has 2 amide bonds. The monoisotopic (exact) mass is 331 g/mol. The van der Waals surface area contributed by atoms with Crippen LogP contribution in [0.3, 0.4) is 0 Å². The number of carbonyl (C=O) groups excluding carboxylic acids is 1. The van der Waals surface area contributed by atoms with Gasteiger partial charge in [0.25, 0.3) is 0 Å². The molecule has 0 unspecified atom stereocenters. The molecular weight excluding hydrogens is 302 g/mol. The second-order valence-electron chi connectivity index (χ2n) is 6.87. The summed E-state index contributed by atoms with van der Waals surface area (Å²) in [6.45, 7) is 8.25. The summed E-state index contributed by atoms with van der Waals surface area (Å²) in [7, 11) is 0. The molecule has 0 radical (unpaired) electrons. The molecule has 1 atom stereocenters. The highest BCUT2D eigenvalue weighted by atomic mass is 16.5. The molecule has 0 saturated carbocycles. The first-order chi connectivity index (χ1) is 11.7. The Bertz CT molecular complexity index is 526. The van der Waals surface area contributed by atoms with E-state index in [1.54, 1.807) is 0 Å². The minimum absolute atomic E-state index is 0.0953. The first-order valence-corrected chi connectivity index (χ1v) is 9.12. The number of nitrogens with one attached hydrogen (secondary N) is 1. The highest BCUT2D eigenvalue weighted by Crippen LogP contribution is 2.19. The fraction of sp³-hybridized carbons (Fsp3) is 0.632. The Labute approximate surface area is 145 Å². The average molecular weight is 331 g/mol. The summed E-state index contributed by atoms with van der Waals surface area (Å²) in [5.74, 6) is 0. The molecule has 24 heavy (non-hydrogen) atoms. The van der Waals surface area contributed by atoms with E-state index in [1.165, 1.54) is 11.1 Å². The number of aryl methyl sites for hydroxylation is 1. The van der Waals surface area contributed by atoms with Gasteiger partial charge in [0.2, 0.25) is 0 Å².